The molecule has 2 heterocycles. The summed E-state index contributed by atoms with van der Waals surface area (Å²) in [6.07, 6.45) is 1.93. The number of aromatic amines is 1. The number of sulfone groups is 1. The molecular weight excluding hydrogens is 230 g/mol. The van der Waals surface area contributed by atoms with Gasteiger partial charge in [-0.25, -0.2) is 8.42 Å². The Hall–Kier alpha value is -1.37. The van der Waals surface area contributed by atoms with Gasteiger partial charge in [-0.2, -0.15) is 5.10 Å². The highest BCUT2D eigenvalue weighted by Gasteiger charge is 2.39. The van der Waals surface area contributed by atoms with Crippen LogP contribution in [-0.4, -0.2) is 41.6 Å². The molecule has 0 saturated carbocycles. The quantitative estimate of drug-likeness (QED) is 0.747. The van der Waals surface area contributed by atoms with Gasteiger partial charge in [0.15, 0.2) is 9.84 Å². The number of amides is 1. The molecule has 0 radical (unpaired) electrons. The third-order valence-electron chi connectivity index (χ3n) is 2.66. The van der Waals surface area contributed by atoms with Crippen molar-refractivity contribution in [2.24, 2.45) is 0 Å². The predicted octanol–water partition coefficient (Wildman–Crippen LogP) is -0.283. The minimum absolute atomic E-state index is 0.000122. The molecule has 88 valence electrons. The summed E-state index contributed by atoms with van der Waals surface area (Å²) in [7, 11) is -3.01. The number of H-pyrrole nitrogens is 1. The Labute approximate surface area is 93.3 Å². The van der Waals surface area contributed by atoms with Crippen LogP contribution >= 0.6 is 0 Å². The van der Waals surface area contributed by atoms with E-state index < -0.39 is 15.4 Å². The van der Waals surface area contributed by atoms with Crippen molar-refractivity contribution in [3.63, 3.8) is 0 Å². The minimum Gasteiger partial charge on any atom is -0.345 e. The fourth-order valence-corrected chi connectivity index (χ4v) is 3.93. The Morgan fingerprint density at radius 3 is 2.88 bits per heavy atom. The molecule has 2 rings (SSSR count). The second-order valence-electron chi connectivity index (χ2n) is 4.33. The summed E-state index contributed by atoms with van der Waals surface area (Å²) < 4.78 is 22.7. The smallest absolute Gasteiger partial charge is 0.269 e. The lowest BCUT2D eigenvalue weighted by molar-refractivity contribution is 0.0910. The van der Waals surface area contributed by atoms with Crippen LogP contribution in [0.4, 0.5) is 0 Å². The van der Waals surface area contributed by atoms with Crippen molar-refractivity contribution in [2.75, 3.05) is 11.5 Å². The summed E-state index contributed by atoms with van der Waals surface area (Å²) in [5.41, 5.74) is -0.327. The molecule has 1 atom stereocenters. The van der Waals surface area contributed by atoms with E-state index in [4.69, 9.17) is 0 Å². The first-order chi connectivity index (χ1) is 7.40. The fraction of sp³-hybridized carbons (Fsp3) is 0.556. The zero-order valence-corrected chi connectivity index (χ0v) is 9.67. The molecule has 0 bridgehead atoms. The van der Waals surface area contributed by atoms with E-state index in [0.29, 0.717) is 12.1 Å². The fourth-order valence-electron chi connectivity index (χ4n) is 1.83. The first kappa shape index (κ1) is 11.1. The first-order valence-electron chi connectivity index (χ1n) is 4.93. The summed E-state index contributed by atoms with van der Waals surface area (Å²) in [6, 6.07) is 1.54. The maximum absolute atomic E-state index is 11.7. The Bertz CT molecular complexity index is 494. The summed E-state index contributed by atoms with van der Waals surface area (Å²) in [5, 5.41) is 8.93. The molecule has 1 saturated heterocycles. The van der Waals surface area contributed by atoms with Crippen molar-refractivity contribution >= 4 is 15.7 Å². The molecule has 1 aromatic rings. The van der Waals surface area contributed by atoms with E-state index in [1.165, 1.54) is 6.20 Å². The van der Waals surface area contributed by atoms with Gasteiger partial charge in [0.05, 0.1) is 17.0 Å². The van der Waals surface area contributed by atoms with Gasteiger partial charge in [0.25, 0.3) is 5.91 Å². The van der Waals surface area contributed by atoms with Crippen LogP contribution in [0.15, 0.2) is 12.3 Å². The van der Waals surface area contributed by atoms with Gasteiger partial charge < -0.3 is 5.32 Å². The van der Waals surface area contributed by atoms with E-state index in [2.05, 4.69) is 15.5 Å². The lowest BCUT2D eigenvalue weighted by Crippen LogP contribution is -2.47. The summed E-state index contributed by atoms with van der Waals surface area (Å²) in [5.74, 6) is -0.191. The van der Waals surface area contributed by atoms with E-state index >= 15 is 0 Å². The number of rotatable bonds is 2. The van der Waals surface area contributed by atoms with Gasteiger partial charge in [-0.15, -0.1) is 0 Å². The molecule has 1 unspecified atom stereocenters. The van der Waals surface area contributed by atoms with E-state index in [0.717, 1.165) is 0 Å². The number of carbonyl (C=O) groups is 1. The van der Waals surface area contributed by atoms with Gasteiger partial charge in [-0.3, -0.25) is 9.89 Å². The molecule has 2 N–H and O–H groups in total. The molecule has 1 aliphatic rings. The van der Waals surface area contributed by atoms with Gasteiger partial charge in [0, 0.05) is 6.20 Å². The van der Waals surface area contributed by atoms with Crippen LogP contribution in [0.1, 0.15) is 23.8 Å². The zero-order valence-electron chi connectivity index (χ0n) is 8.86. The SMILES string of the molecule is CC1(NC(=O)c2ccn[nH]2)CCS(=O)(=O)C1. The van der Waals surface area contributed by atoms with Gasteiger partial charge in [-0.1, -0.05) is 0 Å². The minimum atomic E-state index is -3.01. The number of nitrogens with one attached hydrogen (secondary N) is 2. The van der Waals surface area contributed by atoms with Crippen molar-refractivity contribution < 1.29 is 13.2 Å². The van der Waals surface area contributed by atoms with Crippen LogP contribution in [0.25, 0.3) is 0 Å². The third kappa shape index (κ3) is 2.24. The molecule has 7 heteroatoms. The number of aromatic nitrogens is 2. The molecule has 1 aromatic heterocycles. The lowest BCUT2D eigenvalue weighted by atomic mass is 10.0. The van der Waals surface area contributed by atoms with E-state index in [-0.39, 0.29) is 17.4 Å². The lowest BCUT2D eigenvalue weighted by Gasteiger charge is -2.23. The van der Waals surface area contributed by atoms with Crippen molar-refractivity contribution in [3.8, 4) is 0 Å². The van der Waals surface area contributed by atoms with Gasteiger partial charge in [-0.05, 0) is 19.4 Å². The molecule has 0 spiro atoms. The molecule has 1 amide bonds. The van der Waals surface area contributed by atoms with Crippen LogP contribution in [0.3, 0.4) is 0 Å². The molecule has 6 nitrogen and oxygen atoms in total. The first-order valence-corrected chi connectivity index (χ1v) is 6.75. The Morgan fingerprint density at radius 2 is 2.38 bits per heavy atom. The normalized spacial score (nSPS) is 27.8. The monoisotopic (exact) mass is 243 g/mol. The van der Waals surface area contributed by atoms with Crippen LogP contribution in [0.2, 0.25) is 0 Å². The summed E-state index contributed by atoms with van der Waals surface area (Å²) in [6.45, 7) is 1.74. The molecular formula is C9H13N3O3S. The molecule has 16 heavy (non-hydrogen) atoms. The van der Waals surface area contributed by atoms with Crippen molar-refractivity contribution in [1.29, 1.82) is 0 Å². The molecule has 1 aliphatic heterocycles. The second-order valence-corrected chi connectivity index (χ2v) is 6.51. The molecule has 0 aromatic carbocycles. The standard InChI is InChI=1S/C9H13N3O3S/c1-9(3-5-16(14,15)6-9)11-8(13)7-2-4-10-12-7/h2,4H,3,5-6H2,1H3,(H,10,12)(H,11,13). The van der Waals surface area contributed by atoms with Gasteiger partial charge >= 0.3 is 0 Å². The van der Waals surface area contributed by atoms with E-state index in [9.17, 15) is 13.2 Å². The topological polar surface area (TPSA) is 91.9 Å². The summed E-state index contributed by atoms with van der Waals surface area (Å²) >= 11 is 0. The predicted molar refractivity (Wildman–Crippen MR) is 57.7 cm³/mol. The van der Waals surface area contributed by atoms with Crippen LogP contribution in [0, 0.1) is 0 Å². The van der Waals surface area contributed by atoms with Gasteiger partial charge in [0.1, 0.15) is 5.69 Å². The van der Waals surface area contributed by atoms with Gasteiger partial charge in [0.2, 0.25) is 0 Å². The van der Waals surface area contributed by atoms with Crippen molar-refractivity contribution in [1.82, 2.24) is 15.5 Å². The zero-order chi connectivity index (χ0) is 11.8. The maximum atomic E-state index is 11.7. The highest BCUT2D eigenvalue weighted by atomic mass is 32.2. The highest BCUT2D eigenvalue weighted by molar-refractivity contribution is 7.91. The van der Waals surface area contributed by atoms with E-state index in [1.807, 2.05) is 0 Å². The number of carbonyl (C=O) groups excluding carboxylic acids is 1. The van der Waals surface area contributed by atoms with Crippen LogP contribution < -0.4 is 5.32 Å². The maximum Gasteiger partial charge on any atom is 0.269 e. The molecule has 0 aliphatic carbocycles. The average Bonchev–Trinajstić information content (AvgIpc) is 2.73. The largest absolute Gasteiger partial charge is 0.345 e. The Kier molecular flexibility index (Phi) is 2.49. The van der Waals surface area contributed by atoms with E-state index in [1.54, 1.807) is 13.0 Å². The number of hydrogen-bond donors (Lipinski definition) is 2. The van der Waals surface area contributed by atoms with Crippen molar-refractivity contribution in [2.45, 2.75) is 18.9 Å². The number of nitrogens with zero attached hydrogens (tertiary/aromatic N) is 1. The van der Waals surface area contributed by atoms with Crippen LogP contribution in [0.5, 0.6) is 0 Å². The number of hydrogen-bond acceptors (Lipinski definition) is 4. The van der Waals surface area contributed by atoms with Crippen molar-refractivity contribution in [3.05, 3.63) is 18.0 Å². The highest BCUT2D eigenvalue weighted by Crippen LogP contribution is 2.23. The molecule has 1 fully saturated rings. The Balaban J connectivity index is 2.09. The van der Waals surface area contributed by atoms with Crippen LogP contribution in [-0.2, 0) is 9.84 Å². The second kappa shape index (κ2) is 3.58. The Morgan fingerprint density at radius 1 is 1.62 bits per heavy atom. The summed E-state index contributed by atoms with van der Waals surface area (Å²) in [4.78, 5) is 11.7. The average molecular weight is 243 g/mol. The third-order valence-corrected chi connectivity index (χ3v) is 4.57.